The molecule has 1 heterocycles. The fraction of sp³-hybridized carbons (Fsp3) is 0.588. The molecule has 2 rings (SSSR count). The van der Waals surface area contributed by atoms with E-state index in [0.717, 1.165) is 12.5 Å². The van der Waals surface area contributed by atoms with E-state index in [9.17, 15) is 4.79 Å². The van der Waals surface area contributed by atoms with Crippen LogP contribution in [0.25, 0.3) is 0 Å². The van der Waals surface area contributed by atoms with Gasteiger partial charge < -0.3 is 11.1 Å². The molecule has 0 aromatic heterocycles. The summed E-state index contributed by atoms with van der Waals surface area (Å²) in [6, 6.07) is 7.88. The maximum absolute atomic E-state index is 11.6. The van der Waals surface area contributed by atoms with Gasteiger partial charge >= 0.3 is 0 Å². The third kappa shape index (κ3) is 4.83. The second-order valence-electron chi connectivity index (χ2n) is 6.23. The van der Waals surface area contributed by atoms with Crippen LogP contribution in [-0.4, -0.2) is 29.9 Å². The van der Waals surface area contributed by atoms with Crippen LogP contribution in [0.1, 0.15) is 37.8 Å². The first kappa shape index (κ1) is 16.0. The molecule has 0 radical (unpaired) electrons. The number of hydrogen-bond donors (Lipinski definition) is 2. The molecular weight excluding hydrogens is 262 g/mol. The molecule has 1 aromatic carbocycles. The second-order valence-corrected chi connectivity index (χ2v) is 6.23. The van der Waals surface area contributed by atoms with Gasteiger partial charge in [0.1, 0.15) is 0 Å². The van der Waals surface area contributed by atoms with Gasteiger partial charge in [0, 0.05) is 13.1 Å². The van der Waals surface area contributed by atoms with Gasteiger partial charge in [-0.15, -0.1) is 0 Å². The predicted molar refractivity (Wildman–Crippen MR) is 85.6 cm³/mol. The highest BCUT2D eigenvalue weighted by Crippen LogP contribution is 2.19. The van der Waals surface area contributed by atoms with Crippen molar-refractivity contribution in [2.24, 2.45) is 11.7 Å². The summed E-state index contributed by atoms with van der Waals surface area (Å²) in [7, 11) is 0. The van der Waals surface area contributed by atoms with Gasteiger partial charge in [0.25, 0.3) is 0 Å². The van der Waals surface area contributed by atoms with Crippen LogP contribution in [0.5, 0.6) is 0 Å². The maximum Gasteiger partial charge on any atom is 0.236 e. The lowest BCUT2D eigenvalue weighted by atomic mass is 9.98. The van der Waals surface area contributed by atoms with Crippen LogP contribution in [0.3, 0.4) is 0 Å². The minimum Gasteiger partial charge on any atom is -0.351 e. The van der Waals surface area contributed by atoms with Crippen LogP contribution in [0.4, 0.5) is 0 Å². The third-order valence-electron chi connectivity index (χ3n) is 4.26. The monoisotopic (exact) mass is 289 g/mol. The molecule has 0 bridgehead atoms. The molecule has 0 saturated carbocycles. The summed E-state index contributed by atoms with van der Waals surface area (Å²) in [6.45, 7) is 7.89. The van der Waals surface area contributed by atoms with Gasteiger partial charge in [0.2, 0.25) is 5.91 Å². The molecular formula is C17H27N3O. The Kier molecular flexibility index (Phi) is 5.76. The molecule has 1 aliphatic rings. The number of carbonyl (C=O) groups is 1. The Morgan fingerprint density at radius 2 is 1.95 bits per heavy atom. The minimum atomic E-state index is -0.458. The van der Waals surface area contributed by atoms with Crippen molar-refractivity contribution in [3.63, 3.8) is 0 Å². The van der Waals surface area contributed by atoms with E-state index in [1.807, 2.05) is 6.07 Å². The van der Waals surface area contributed by atoms with Crippen LogP contribution in [0.15, 0.2) is 24.3 Å². The largest absolute Gasteiger partial charge is 0.351 e. The Bertz CT molecular complexity index is 465. The first-order valence-electron chi connectivity index (χ1n) is 7.88. The molecule has 1 saturated heterocycles. The van der Waals surface area contributed by atoms with Gasteiger partial charge in [-0.1, -0.05) is 31.2 Å². The first-order chi connectivity index (χ1) is 10.1. The molecule has 1 atom stereocenters. The number of amides is 1. The van der Waals surface area contributed by atoms with Crippen LogP contribution < -0.4 is 11.1 Å². The van der Waals surface area contributed by atoms with E-state index >= 15 is 0 Å². The molecule has 4 nitrogen and oxygen atoms in total. The molecule has 4 heteroatoms. The quantitative estimate of drug-likeness (QED) is 0.870. The van der Waals surface area contributed by atoms with Crippen LogP contribution >= 0.6 is 0 Å². The fourth-order valence-corrected chi connectivity index (χ4v) is 2.69. The molecule has 1 fully saturated rings. The highest BCUT2D eigenvalue weighted by molar-refractivity contribution is 5.80. The lowest BCUT2D eigenvalue weighted by molar-refractivity contribution is -0.122. The Morgan fingerprint density at radius 1 is 1.33 bits per heavy atom. The predicted octanol–water partition coefficient (Wildman–Crippen LogP) is 1.88. The number of carbonyl (C=O) groups excluding carboxylic acids is 1. The number of piperidine rings is 1. The van der Waals surface area contributed by atoms with E-state index in [-0.39, 0.29) is 5.91 Å². The Balaban J connectivity index is 1.95. The van der Waals surface area contributed by atoms with Crippen LogP contribution in [0, 0.1) is 5.92 Å². The minimum absolute atomic E-state index is 0.100. The average Bonchev–Trinajstić information content (AvgIpc) is 2.48. The van der Waals surface area contributed by atoms with Gasteiger partial charge in [0.05, 0.1) is 6.04 Å². The van der Waals surface area contributed by atoms with Crippen LogP contribution in [0.2, 0.25) is 0 Å². The summed E-state index contributed by atoms with van der Waals surface area (Å²) in [6.07, 6.45) is 2.56. The number of nitrogens with two attached hydrogens (primary N) is 1. The molecule has 3 N–H and O–H groups in total. The number of rotatable bonds is 5. The molecule has 0 aliphatic carbocycles. The summed E-state index contributed by atoms with van der Waals surface area (Å²) in [5.41, 5.74) is 8.07. The van der Waals surface area contributed by atoms with Crippen molar-refractivity contribution in [1.29, 1.82) is 0 Å². The molecule has 1 aliphatic heterocycles. The highest BCUT2D eigenvalue weighted by atomic mass is 16.2. The van der Waals surface area contributed by atoms with E-state index < -0.39 is 6.04 Å². The first-order valence-corrected chi connectivity index (χ1v) is 7.88. The standard InChI is InChI=1S/C17H27N3O/c1-13-7-9-20(10-8-13)12-16-6-4-3-5-15(16)11-19-17(21)14(2)18/h3-6,13-14H,7-12,18H2,1-2H3,(H,19,21)/t14-/m1/s1. The van der Waals surface area contributed by atoms with Crippen molar-refractivity contribution in [3.8, 4) is 0 Å². The van der Waals surface area contributed by atoms with Crippen molar-refractivity contribution in [2.75, 3.05) is 13.1 Å². The van der Waals surface area contributed by atoms with Gasteiger partial charge in [-0.2, -0.15) is 0 Å². The van der Waals surface area contributed by atoms with Crippen molar-refractivity contribution < 1.29 is 4.79 Å². The van der Waals surface area contributed by atoms with Crippen molar-refractivity contribution >= 4 is 5.91 Å². The molecule has 116 valence electrons. The van der Waals surface area contributed by atoms with Crippen molar-refractivity contribution in [2.45, 2.75) is 45.8 Å². The molecule has 1 aromatic rings. The summed E-state index contributed by atoms with van der Waals surface area (Å²) in [5, 5.41) is 2.90. The summed E-state index contributed by atoms with van der Waals surface area (Å²) in [4.78, 5) is 14.1. The summed E-state index contributed by atoms with van der Waals surface area (Å²) < 4.78 is 0. The number of nitrogens with zero attached hydrogens (tertiary/aromatic N) is 1. The topological polar surface area (TPSA) is 58.4 Å². The van der Waals surface area contributed by atoms with E-state index in [4.69, 9.17) is 5.73 Å². The second kappa shape index (κ2) is 7.57. The maximum atomic E-state index is 11.6. The highest BCUT2D eigenvalue weighted by Gasteiger charge is 2.17. The number of hydrogen-bond acceptors (Lipinski definition) is 3. The van der Waals surface area contributed by atoms with Crippen molar-refractivity contribution in [1.82, 2.24) is 10.2 Å². The zero-order valence-corrected chi connectivity index (χ0v) is 13.1. The van der Waals surface area contributed by atoms with E-state index in [1.54, 1.807) is 6.92 Å². The smallest absolute Gasteiger partial charge is 0.236 e. The molecule has 0 unspecified atom stereocenters. The number of likely N-dealkylation sites (tertiary alicyclic amines) is 1. The molecule has 1 amide bonds. The van der Waals surface area contributed by atoms with Gasteiger partial charge in [0.15, 0.2) is 0 Å². The zero-order valence-electron chi connectivity index (χ0n) is 13.1. The summed E-state index contributed by atoms with van der Waals surface area (Å²) in [5.74, 6) is 0.749. The number of benzene rings is 1. The van der Waals surface area contributed by atoms with Crippen molar-refractivity contribution in [3.05, 3.63) is 35.4 Å². The third-order valence-corrected chi connectivity index (χ3v) is 4.26. The van der Waals surface area contributed by atoms with E-state index in [1.165, 1.54) is 37.1 Å². The normalized spacial score (nSPS) is 18.4. The average molecular weight is 289 g/mol. The fourth-order valence-electron chi connectivity index (χ4n) is 2.69. The van der Waals surface area contributed by atoms with E-state index in [0.29, 0.717) is 6.54 Å². The van der Waals surface area contributed by atoms with Gasteiger partial charge in [-0.3, -0.25) is 9.69 Å². The SMILES string of the molecule is CC1CCN(Cc2ccccc2CNC(=O)[C@@H](C)N)CC1. The van der Waals surface area contributed by atoms with Gasteiger partial charge in [-0.25, -0.2) is 0 Å². The number of nitrogens with one attached hydrogen (secondary N) is 1. The lowest BCUT2D eigenvalue weighted by Gasteiger charge is -2.30. The van der Waals surface area contributed by atoms with Crippen LogP contribution in [-0.2, 0) is 17.9 Å². The Hall–Kier alpha value is -1.39. The lowest BCUT2D eigenvalue weighted by Crippen LogP contribution is -2.38. The van der Waals surface area contributed by atoms with E-state index in [2.05, 4.69) is 35.3 Å². The van der Waals surface area contributed by atoms with Gasteiger partial charge in [-0.05, 0) is 49.9 Å². The zero-order chi connectivity index (χ0) is 15.2. The summed E-state index contributed by atoms with van der Waals surface area (Å²) >= 11 is 0. The molecule has 0 spiro atoms. The molecule has 21 heavy (non-hydrogen) atoms. The Labute approximate surface area is 127 Å². The Morgan fingerprint density at radius 3 is 2.57 bits per heavy atom.